The molecule has 0 atom stereocenters. The fourth-order valence-electron chi connectivity index (χ4n) is 1.26. The number of hydrogen-bond acceptors (Lipinski definition) is 2. The van der Waals surface area contributed by atoms with Crippen LogP contribution in [0.3, 0.4) is 0 Å². The Balaban J connectivity index is 2.44. The first-order chi connectivity index (χ1) is 6.68. The molecule has 14 heavy (non-hydrogen) atoms. The van der Waals surface area contributed by atoms with Gasteiger partial charge in [-0.1, -0.05) is 0 Å². The Kier molecular flexibility index (Phi) is 2.25. The Morgan fingerprint density at radius 1 is 1.50 bits per heavy atom. The minimum absolute atomic E-state index is 0.372. The summed E-state index contributed by atoms with van der Waals surface area (Å²) in [6, 6.07) is 0.372. The van der Waals surface area contributed by atoms with Gasteiger partial charge in [-0.05, 0) is 26.1 Å². The predicted octanol–water partition coefficient (Wildman–Crippen LogP) is 2.31. The SMILES string of the molecule is CC(C)n1cc(-n2cc[nH]c2=S)cn1. The first-order valence-electron chi connectivity index (χ1n) is 4.49. The third-order valence-electron chi connectivity index (χ3n) is 2.04. The van der Waals surface area contributed by atoms with Crippen LogP contribution < -0.4 is 0 Å². The quantitative estimate of drug-likeness (QED) is 0.769. The van der Waals surface area contributed by atoms with Crippen LogP contribution in [0.1, 0.15) is 19.9 Å². The lowest BCUT2D eigenvalue weighted by atomic mass is 10.4. The van der Waals surface area contributed by atoms with Crippen LogP contribution in [-0.4, -0.2) is 19.3 Å². The topological polar surface area (TPSA) is 38.5 Å². The van der Waals surface area contributed by atoms with E-state index in [4.69, 9.17) is 12.2 Å². The van der Waals surface area contributed by atoms with E-state index in [0.29, 0.717) is 10.8 Å². The van der Waals surface area contributed by atoms with Crippen molar-refractivity contribution in [1.82, 2.24) is 19.3 Å². The Bertz CT molecular complexity index is 477. The molecule has 0 saturated carbocycles. The number of H-pyrrole nitrogens is 1. The van der Waals surface area contributed by atoms with E-state index in [2.05, 4.69) is 23.9 Å². The zero-order chi connectivity index (χ0) is 10.1. The van der Waals surface area contributed by atoms with E-state index < -0.39 is 0 Å². The fourth-order valence-corrected chi connectivity index (χ4v) is 1.49. The maximum absolute atomic E-state index is 5.11. The van der Waals surface area contributed by atoms with E-state index in [1.54, 1.807) is 0 Å². The summed E-state index contributed by atoms with van der Waals surface area (Å²) in [5.74, 6) is 0. The fraction of sp³-hybridized carbons (Fsp3) is 0.333. The molecule has 2 heterocycles. The molecule has 0 amide bonds. The average Bonchev–Trinajstić information content (AvgIpc) is 2.71. The summed E-state index contributed by atoms with van der Waals surface area (Å²) in [6.45, 7) is 4.18. The summed E-state index contributed by atoms with van der Waals surface area (Å²) in [6.07, 6.45) is 7.50. The van der Waals surface area contributed by atoms with Crippen molar-refractivity contribution in [2.45, 2.75) is 19.9 Å². The van der Waals surface area contributed by atoms with Crippen molar-refractivity contribution in [3.63, 3.8) is 0 Å². The number of rotatable bonds is 2. The molecule has 0 fully saturated rings. The summed E-state index contributed by atoms with van der Waals surface area (Å²) in [5.41, 5.74) is 0.991. The highest BCUT2D eigenvalue weighted by Crippen LogP contribution is 2.10. The van der Waals surface area contributed by atoms with Crippen molar-refractivity contribution in [2.24, 2.45) is 0 Å². The Hall–Kier alpha value is -1.36. The van der Waals surface area contributed by atoms with E-state index in [1.807, 2.05) is 34.0 Å². The molecular weight excluding hydrogens is 196 g/mol. The minimum Gasteiger partial charge on any atom is -0.337 e. The maximum Gasteiger partial charge on any atom is 0.181 e. The van der Waals surface area contributed by atoms with Crippen molar-refractivity contribution in [3.8, 4) is 5.69 Å². The molecule has 0 saturated heterocycles. The van der Waals surface area contributed by atoms with E-state index in [0.717, 1.165) is 5.69 Å². The van der Waals surface area contributed by atoms with E-state index >= 15 is 0 Å². The van der Waals surface area contributed by atoms with Gasteiger partial charge in [0, 0.05) is 24.6 Å². The highest BCUT2D eigenvalue weighted by atomic mass is 32.1. The van der Waals surface area contributed by atoms with E-state index in [-0.39, 0.29) is 0 Å². The standard InChI is InChI=1S/C9H12N4S/c1-7(2)13-6-8(5-11-13)12-4-3-10-9(12)14/h3-7H,1-2H3,(H,10,14). The molecule has 0 aliphatic rings. The number of aromatic amines is 1. The number of nitrogens with zero attached hydrogens (tertiary/aromatic N) is 3. The average molecular weight is 208 g/mol. The van der Waals surface area contributed by atoms with Crippen LogP contribution in [0.4, 0.5) is 0 Å². The van der Waals surface area contributed by atoms with E-state index in [1.165, 1.54) is 0 Å². The van der Waals surface area contributed by atoms with Gasteiger partial charge in [0.15, 0.2) is 4.77 Å². The maximum atomic E-state index is 5.11. The number of imidazole rings is 1. The molecule has 1 N–H and O–H groups in total. The first kappa shape index (κ1) is 9.21. The summed E-state index contributed by atoms with van der Waals surface area (Å²) in [4.78, 5) is 2.95. The molecule has 0 aliphatic heterocycles. The van der Waals surface area contributed by atoms with Crippen molar-refractivity contribution < 1.29 is 0 Å². The predicted molar refractivity (Wildman–Crippen MR) is 57.1 cm³/mol. The van der Waals surface area contributed by atoms with Crippen molar-refractivity contribution in [2.75, 3.05) is 0 Å². The minimum atomic E-state index is 0.372. The lowest BCUT2D eigenvalue weighted by Gasteiger charge is -2.02. The van der Waals surface area contributed by atoms with Gasteiger partial charge in [0.25, 0.3) is 0 Å². The molecule has 0 unspecified atom stereocenters. The van der Waals surface area contributed by atoms with Gasteiger partial charge < -0.3 is 4.98 Å². The number of hydrogen-bond donors (Lipinski definition) is 1. The summed E-state index contributed by atoms with van der Waals surface area (Å²) >= 11 is 5.11. The molecule has 4 nitrogen and oxygen atoms in total. The van der Waals surface area contributed by atoms with Crippen LogP contribution >= 0.6 is 12.2 Å². The highest BCUT2D eigenvalue weighted by Gasteiger charge is 2.03. The monoisotopic (exact) mass is 208 g/mol. The Labute approximate surface area is 87.2 Å². The molecule has 0 aromatic carbocycles. The van der Waals surface area contributed by atoms with E-state index in [9.17, 15) is 0 Å². The molecule has 2 aromatic rings. The van der Waals surface area contributed by atoms with Crippen LogP contribution in [-0.2, 0) is 0 Å². The molecule has 2 aromatic heterocycles. The second-order valence-electron chi connectivity index (χ2n) is 3.41. The second kappa shape index (κ2) is 3.42. The van der Waals surface area contributed by atoms with Gasteiger partial charge in [0.2, 0.25) is 0 Å². The van der Waals surface area contributed by atoms with Gasteiger partial charge in [0.1, 0.15) is 0 Å². The summed E-state index contributed by atoms with van der Waals surface area (Å²) < 4.78 is 4.49. The van der Waals surface area contributed by atoms with Crippen molar-refractivity contribution in [3.05, 3.63) is 29.6 Å². The Morgan fingerprint density at radius 3 is 2.79 bits per heavy atom. The third-order valence-corrected chi connectivity index (χ3v) is 2.36. The number of nitrogens with one attached hydrogen (secondary N) is 1. The lowest BCUT2D eigenvalue weighted by Crippen LogP contribution is -2.00. The van der Waals surface area contributed by atoms with Gasteiger partial charge in [-0.25, -0.2) is 0 Å². The zero-order valence-electron chi connectivity index (χ0n) is 8.14. The molecule has 0 spiro atoms. The van der Waals surface area contributed by atoms with Crippen LogP contribution in [0.2, 0.25) is 0 Å². The zero-order valence-corrected chi connectivity index (χ0v) is 8.95. The second-order valence-corrected chi connectivity index (χ2v) is 3.79. The van der Waals surface area contributed by atoms with Crippen molar-refractivity contribution in [1.29, 1.82) is 0 Å². The van der Waals surface area contributed by atoms with Crippen LogP contribution in [0, 0.1) is 4.77 Å². The van der Waals surface area contributed by atoms with Gasteiger partial charge in [-0.2, -0.15) is 5.10 Å². The summed E-state index contributed by atoms with van der Waals surface area (Å²) in [5, 5.41) is 4.25. The molecule has 0 bridgehead atoms. The van der Waals surface area contributed by atoms with Gasteiger partial charge in [-0.3, -0.25) is 9.25 Å². The third kappa shape index (κ3) is 1.50. The Morgan fingerprint density at radius 2 is 2.29 bits per heavy atom. The van der Waals surface area contributed by atoms with Crippen LogP contribution in [0.15, 0.2) is 24.8 Å². The highest BCUT2D eigenvalue weighted by molar-refractivity contribution is 7.71. The van der Waals surface area contributed by atoms with Crippen LogP contribution in [0.5, 0.6) is 0 Å². The number of aromatic nitrogens is 4. The molecule has 2 rings (SSSR count). The normalized spacial score (nSPS) is 11.1. The van der Waals surface area contributed by atoms with Crippen molar-refractivity contribution >= 4 is 12.2 Å². The molecule has 5 heteroatoms. The first-order valence-corrected chi connectivity index (χ1v) is 4.90. The summed E-state index contributed by atoms with van der Waals surface area (Å²) in [7, 11) is 0. The molecule has 0 aliphatic carbocycles. The van der Waals surface area contributed by atoms with Gasteiger partial charge in [0.05, 0.1) is 11.9 Å². The molecule has 0 radical (unpaired) electrons. The smallest absolute Gasteiger partial charge is 0.181 e. The molecule has 74 valence electrons. The van der Waals surface area contributed by atoms with Crippen LogP contribution in [0.25, 0.3) is 5.69 Å². The van der Waals surface area contributed by atoms with Gasteiger partial charge >= 0.3 is 0 Å². The largest absolute Gasteiger partial charge is 0.337 e. The van der Waals surface area contributed by atoms with Gasteiger partial charge in [-0.15, -0.1) is 0 Å². The lowest BCUT2D eigenvalue weighted by molar-refractivity contribution is 0.532. The molecular formula is C9H12N4S.